The second-order valence-corrected chi connectivity index (χ2v) is 9.73. The van der Waals surface area contributed by atoms with Gasteiger partial charge in [0.25, 0.3) is 0 Å². The maximum absolute atomic E-state index is 11.7. The van der Waals surface area contributed by atoms with Crippen molar-refractivity contribution in [2.45, 2.75) is 65.5 Å². The van der Waals surface area contributed by atoms with Crippen LogP contribution in [0.15, 0.2) is 29.3 Å². The van der Waals surface area contributed by atoms with Gasteiger partial charge in [-0.3, -0.25) is 4.99 Å². The summed E-state index contributed by atoms with van der Waals surface area (Å²) in [6, 6.07) is 7.53. The van der Waals surface area contributed by atoms with Gasteiger partial charge >= 0.3 is 5.97 Å². The fourth-order valence-corrected chi connectivity index (χ4v) is 4.76. The predicted octanol–water partition coefficient (Wildman–Crippen LogP) is 5.10. The van der Waals surface area contributed by atoms with E-state index in [1.807, 2.05) is 26.0 Å². The number of ether oxygens (including phenoxy) is 2. The van der Waals surface area contributed by atoms with Gasteiger partial charge in [0, 0.05) is 35.3 Å². The number of benzene rings is 2. The molecule has 0 bridgehead atoms. The number of nitrogens with one attached hydrogen (secondary N) is 1. The van der Waals surface area contributed by atoms with Crippen LogP contribution in [0.3, 0.4) is 0 Å². The number of rotatable bonds is 6. The van der Waals surface area contributed by atoms with Crippen molar-refractivity contribution in [3.8, 4) is 11.5 Å². The van der Waals surface area contributed by atoms with E-state index in [2.05, 4.69) is 39.1 Å². The van der Waals surface area contributed by atoms with Crippen LogP contribution in [-0.4, -0.2) is 41.1 Å². The number of fused-ring (bicyclic) bond motifs is 3. The largest absolute Gasteiger partial charge is 0.490 e. The number of anilines is 1. The molecule has 0 amide bonds. The lowest BCUT2D eigenvalue weighted by atomic mass is 9.80. The lowest BCUT2D eigenvalue weighted by Crippen LogP contribution is -2.30. The molecule has 2 heterocycles. The van der Waals surface area contributed by atoms with E-state index in [1.165, 1.54) is 5.56 Å². The molecule has 0 radical (unpaired) electrons. The van der Waals surface area contributed by atoms with Gasteiger partial charge in [-0.05, 0) is 71.7 Å². The maximum atomic E-state index is 11.7. The Labute approximate surface area is 189 Å². The van der Waals surface area contributed by atoms with Crippen molar-refractivity contribution >= 4 is 17.4 Å². The van der Waals surface area contributed by atoms with Crippen molar-refractivity contribution in [3.63, 3.8) is 0 Å². The van der Waals surface area contributed by atoms with Gasteiger partial charge in [0.2, 0.25) is 0 Å². The fraction of sp³-hybridized carbons (Fsp3) is 0.462. The number of nitrogens with zero attached hydrogens (tertiary/aromatic N) is 1. The minimum Gasteiger partial charge on any atom is -0.490 e. The zero-order chi connectivity index (χ0) is 23.3. The van der Waals surface area contributed by atoms with Crippen LogP contribution in [0.25, 0.3) is 0 Å². The molecule has 2 aliphatic heterocycles. The Morgan fingerprint density at radius 2 is 1.94 bits per heavy atom. The van der Waals surface area contributed by atoms with Gasteiger partial charge in [-0.25, -0.2) is 4.79 Å². The molecule has 0 spiro atoms. The molecule has 0 unspecified atom stereocenters. The van der Waals surface area contributed by atoms with Crippen molar-refractivity contribution in [1.29, 1.82) is 0 Å². The zero-order valence-corrected chi connectivity index (χ0v) is 19.8. The van der Waals surface area contributed by atoms with Gasteiger partial charge in [-0.1, -0.05) is 6.07 Å². The predicted molar refractivity (Wildman–Crippen MR) is 127 cm³/mol. The highest BCUT2D eigenvalue weighted by Crippen LogP contribution is 2.48. The van der Waals surface area contributed by atoms with Crippen molar-refractivity contribution in [3.05, 3.63) is 52.1 Å². The highest BCUT2D eigenvalue weighted by atomic mass is 16.5. The number of aliphatic imine (C=N–C) groups is 1. The minimum absolute atomic E-state index is 0.257. The highest BCUT2D eigenvalue weighted by Gasteiger charge is 2.39. The third kappa shape index (κ3) is 3.94. The molecule has 0 aliphatic carbocycles. The van der Waals surface area contributed by atoms with Gasteiger partial charge in [-0.15, -0.1) is 0 Å². The quantitative estimate of drug-likeness (QED) is 0.658. The van der Waals surface area contributed by atoms with E-state index < -0.39 is 5.97 Å². The molecule has 2 aliphatic rings. The summed E-state index contributed by atoms with van der Waals surface area (Å²) in [6.07, 6.45) is 1.56. The molecule has 0 saturated carbocycles. The van der Waals surface area contributed by atoms with Crippen molar-refractivity contribution in [1.82, 2.24) is 0 Å². The van der Waals surface area contributed by atoms with E-state index in [4.69, 9.17) is 14.5 Å². The first-order chi connectivity index (χ1) is 15.0. The number of carboxylic acids is 1. The van der Waals surface area contributed by atoms with Crippen LogP contribution in [-0.2, 0) is 12.8 Å². The molecule has 2 aromatic carbocycles. The molecule has 0 saturated heterocycles. The van der Waals surface area contributed by atoms with Gasteiger partial charge < -0.3 is 19.9 Å². The standard InChI is InChI=1S/C26H32N2O4/c1-7-27-19-11-15(9-10-17(19)24(29)30)22-21-16(13-25(3,4)28-22)12-20(31-8-2)23-18(21)14-26(5,6)32-23/h9-12,27H,7-8,13-14H2,1-6H3,(H,29,30). The molecule has 170 valence electrons. The molecule has 4 rings (SSSR count). The zero-order valence-electron chi connectivity index (χ0n) is 19.8. The van der Waals surface area contributed by atoms with Crippen molar-refractivity contribution < 1.29 is 19.4 Å². The van der Waals surface area contributed by atoms with E-state index in [0.717, 1.165) is 46.7 Å². The lowest BCUT2D eigenvalue weighted by Gasteiger charge is -2.31. The summed E-state index contributed by atoms with van der Waals surface area (Å²) in [7, 11) is 0. The Bertz CT molecular complexity index is 1120. The number of hydrogen-bond acceptors (Lipinski definition) is 5. The molecule has 2 N–H and O–H groups in total. The van der Waals surface area contributed by atoms with Gasteiger partial charge in [0.15, 0.2) is 11.5 Å². The van der Waals surface area contributed by atoms with Crippen molar-refractivity contribution in [2.24, 2.45) is 4.99 Å². The molecule has 0 aromatic heterocycles. The summed E-state index contributed by atoms with van der Waals surface area (Å²) in [5, 5.41) is 12.8. The fourth-order valence-electron chi connectivity index (χ4n) is 4.76. The van der Waals surface area contributed by atoms with Crippen LogP contribution >= 0.6 is 0 Å². The number of aromatic carboxylic acids is 1. The van der Waals surface area contributed by atoms with E-state index in [-0.39, 0.29) is 16.7 Å². The molecule has 0 atom stereocenters. The summed E-state index contributed by atoms with van der Waals surface area (Å²) in [5.74, 6) is 0.645. The van der Waals surface area contributed by atoms with E-state index in [0.29, 0.717) is 18.8 Å². The second-order valence-electron chi connectivity index (χ2n) is 9.73. The first-order valence-corrected chi connectivity index (χ1v) is 11.3. The smallest absolute Gasteiger partial charge is 0.337 e. The van der Waals surface area contributed by atoms with Crippen LogP contribution < -0.4 is 14.8 Å². The molecule has 2 aromatic rings. The minimum atomic E-state index is -0.948. The number of hydrogen-bond donors (Lipinski definition) is 2. The number of carboxylic acid groups (broad SMARTS) is 1. The van der Waals surface area contributed by atoms with Gasteiger partial charge in [0.1, 0.15) is 5.60 Å². The third-order valence-electron chi connectivity index (χ3n) is 5.87. The summed E-state index contributed by atoms with van der Waals surface area (Å²) in [6.45, 7) is 13.6. The van der Waals surface area contributed by atoms with Crippen LogP contribution in [0.2, 0.25) is 0 Å². The SMILES string of the molecule is CCNc1cc(C2=NC(C)(C)Cc3cc(OCC)c4c(c32)CC(C)(C)O4)ccc1C(=O)O. The molecule has 32 heavy (non-hydrogen) atoms. The van der Waals surface area contributed by atoms with Gasteiger partial charge in [0.05, 0.1) is 23.4 Å². The van der Waals surface area contributed by atoms with Crippen LogP contribution in [0.5, 0.6) is 11.5 Å². The van der Waals surface area contributed by atoms with Gasteiger partial charge in [-0.2, -0.15) is 0 Å². The van der Waals surface area contributed by atoms with Crippen molar-refractivity contribution in [2.75, 3.05) is 18.5 Å². The average Bonchev–Trinajstić information content (AvgIpc) is 3.02. The Hall–Kier alpha value is -3.02. The topological polar surface area (TPSA) is 80.2 Å². The Morgan fingerprint density at radius 3 is 2.59 bits per heavy atom. The third-order valence-corrected chi connectivity index (χ3v) is 5.87. The molecule has 0 fully saturated rings. The first-order valence-electron chi connectivity index (χ1n) is 11.3. The summed E-state index contributed by atoms with van der Waals surface area (Å²) < 4.78 is 12.3. The highest BCUT2D eigenvalue weighted by molar-refractivity contribution is 6.17. The molecule has 6 heteroatoms. The van der Waals surface area contributed by atoms with Crippen LogP contribution in [0, 0.1) is 0 Å². The Morgan fingerprint density at radius 1 is 1.19 bits per heavy atom. The first kappa shape index (κ1) is 22.2. The molecular formula is C26H32N2O4. The van der Waals surface area contributed by atoms with E-state index in [1.54, 1.807) is 6.07 Å². The summed E-state index contributed by atoms with van der Waals surface area (Å²) in [5.41, 5.74) is 5.43. The maximum Gasteiger partial charge on any atom is 0.337 e. The molecule has 6 nitrogen and oxygen atoms in total. The number of carbonyl (C=O) groups is 1. The van der Waals surface area contributed by atoms with Crippen LogP contribution in [0.4, 0.5) is 5.69 Å². The monoisotopic (exact) mass is 436 g/mol. The normalized spacial score (nSPS) is 17.6. The Balaban J connectivity index is 1.95. The van der Waals surface area contributed by atoms with E-state index in [9.17, 15) is 9.90 Å². The van der Waals surface area contributed by atoms with Crippen LogP contribution in [0.1, 0.15) is 74.2 Å². The average molecular weight is 437 g/mol. The summed E-state index contributed by atoms with van der Waals surface area (Å²) >= 11 is 0. The lowest BCUT2D eigenvalue weighted by molar-refractivity contribution is 0.0698. The second kappa shape index (κ2) is 7.84. The van der Waals surface area contributed by atoms with E-state index >= 15 is 0 Å². The molecular weight excluding hydrogens is 404 g/mol. The Kier molecular flexibility index (Phi) is 5.43. The summed E-state index contributed by atoms with van der Waals surface area (Å²) in [4.78, 5) is 16.9.